The number of hydrogen-bond acceptors (Lipinski definition) is 4. The summed E-state index contributed by atoms with van der Waals surface area (Å²) in [6.07, 6.45) is 3.23. The minimum atomic E-state index is -0.393. The summed E-state index contributed by atoms with van der Waals surface area (Å²) in [5, 5.41) is 0. The fourth-order valence-electron chi connectivity index (χ4n) is 1.75. The molecule has 0 bridgehead atoms. The Labute approximate surface area is 171 Å². The Morgan fingerprint density at radius 3 is 2.15 bits per heavy atom. The predicted molar refractivity (Wildman–Crippen MR) is 87.8 cm³/mol. The van der Waals surface area contributed by atoms with Crippen molar-refractivity contribution >= 4 is 6.47 Å². The molecule has 2 atom stereocenters. The minimum Gasteiger partial charge on any atom is -0.650 e. The van der Waals surface area contributed by atoms with Crippen LogP contribution in [0.15, 0.2) is 30.3 Å². The van der Waals surface area contributed by atoms with Gasteiger partial charge in [-0.05, 0) is 18.9 Å². The van der Waals surface area contributed by atoms with Gasteiger partial charge in [0, 0.05) is 37.0 Å². The molecule has 27 heavy (non-hydrogen) atoms. The maximum atomic E-state index is 10.3. The second-order valence-electron chi connectivity index (χ2n) is 4.26. The van der Waals surface area contributed by atoms with Crippen LogP contribution in [0.4, 0.5) is 0 Å². The van der Waals surface area contributed by atoms with E-state index in [0.717, 1.165) is 5.56 Å². The molecule has 0 fully saturated rings. The Hall–Kier alpha value is -1.65. The van der Waals surface area contributed by atoms with Gasteiger partial charge in [-0.1, -0.05) is 36.8 Å². The maximum absolute atomic E-state index is 10.3. The zero-order chi connectivity index (χ0) is 20.6. The minimum absolute atomic E-state index is 0. The van der Waals surface area contributed by atoms with Crippen molar-refractivity contribution in [2.75, 3.05) is 13.7 Å². The monoisotopic (exact) mass is 416 g/mol. The van der Waals surface area contributed by atoms with Gasteiger partial charge in [0.25, 0.3) is 0 Å². The van der Waals surface area contributed by atoms with E-state index in [2.05, 4.69) is 26.9 Å². The molecular formula is C19H20FeO7-. The molecule has 0 N–H and O–H groups in total. The van der Waals surface area contributed by atoms with Crippen molar-refractivity contribution in [1.82, 2.24) is 0 Å². The molecule has 0 spiro atoms. The van der Waals surface area contributed by atoms with Gasteiger partial charge in [0.2, 0.25) is 0 Å². The Bertz CT molecular complexity index is 460. The summed E-state index contributed by atoms with van der Waals surface area (Å²) < 4.78 is 38.2. The summed E-state index contributed by atoms with van der Waals surface area (Å²) in [5.74, 6) is 0. The molecule has 0 aliphatic carbocycles. The van der Waals surface area contributed by atoms with Crippen LogP contribution >= 0.6 is 0 Å². The molecule has 0 unspecified atom stereocenters. The van der Waals surface area contributed by atoms with E-state index in [-0.39, 0.29) is 23.2 Å². The average Bonchev–Trinajstić information content (AvgIpc) is 2.73. The normalized spacial score (nSPS) is 10.4. The van der Waals surface area contributed by atoms with Crippen molar-refractivity contribution < 1.29 is 50.0 Å². The summed E-state index contributed by atoms with van der Waals surface area (Å²) in [6.45, 7) is 19.5. The van der Waals surface area contributed by atoms with Gasteiger partial charge in [-0.3, -0.25) is 0 Å². The fourth-order valence-corrected chi connectivity index (χ4v) is 1.75. The summed E-state index contributed by atoms with van der Waals surface area (Å²) in [5.41, 5.74) is 1.11. The van der Waals surface area contributed by atoms with Crippen LogP contribution in [-0.4, -0.2) is 32.4 Å². The quantitative estimate of drug-likeness (QED) is 0.313. The average molecular weight is 416 g/mol. The van der Waals surface area contributed by atoms with Crippen LogP contribution in [0.3, 0.4) is 0 Å². The zero-order valence-electron chi connectivity index (χ0n) is 14.7. The van der Waals surface area contributed by atoms with Gasteiger partial charge in [-0.2, -0.15) is 0 Å². The Morgan fingerprint density at radius 2 is 1.70 bits per heavy atom. The summed E-state index contributed by atoms with van der Waals surface area (Å²) in [7, 11) is 1.60. The molecular weight excluding hydrogens is 396 g/mol. The first-order chi connectivity index (χ1) is 12.8. The first-order valence-corrected chi connectivity index (χ1v) is 7.04. The maximum Gasteiger partial charge on any atom is 0.0838 e. The molecule has 0 saturated heterocycles. The molecule has 1 aromatic carbocycles. The standard InChI is InChI=1S/C16H20O4.3CO.Fe/c1-3-7-15(20-13-17)10-16(18-2)12-19-11-14-8-5-4-6-9-14;3*1-2;/h3-9,15-16H,1,10-12H2,2H3;;;;/q-1;;;;/t15-,16-;;;;/m0..../s1. The van der Waals surface area contributed by atoms with Crippen molar-refractivity contribution in [3.63, 3.8) is 0 Å². The predicted octanol–water partition coefficient (Wildman–Crippen LogP) is 2.19. The van der Waals surface area contributed by atoms with E-state index < -0.39 is 6.10 Å². The first kappa shape index (κ1) is 33.0. The number of ether oxygens (including phenoxy) is 3. The van der Waals surface area contributed by atoms with Gasteiger partial charge >= 0.3 is 33.9 Å². The van der Waals surface area contributed by atoms with Crippen LogP contribution < -0.4 is 0 Å². The third kappa shape index (κ3) is 20.5. The SMILES string of the molecule is [C-]#[O+].[C-]#[O+].[C-]#[O+].[CH2][CH][CH][C@@H](C[C@@H](COCc1ccccc1)OC)O[C-]=O.[Fe]. The second-order valence-corrected chi connectivity index (χ2v) is 4.26. The summed E-state index contributed by atoms with van der Waals surface area (Å²) in [4.78, 5) is 10.3. The van der Waals surface area contributed by atoms with Crippen LogP contribution in [0.5, 0.6) is 0 Å². The van der Waals surface area contributed by atoms with Gasteiger partial charge in [-0.15, -0.1) is 0 Å². The largest absolute Gasteiger partial charge is 0.650 e. The molecule has 0 aromatic heterocycles. The van der Waals surface area contributed by atoms with Crippen LogP contribution in [-0.2, 0) is 56.6 Å². The fraction of sp³-hybridized carbons (Fsp3) is 0.316. The number of carbonyl (C=O) groups excluding carboxylic acids is 1. The smallest absolute Gasteiger partial charge is 0.0838 e. The molecule has 1 aromatic rings. The summed E-state index contributed by atoms with van der Waals surface area (Å²) >= 11 is 0. The van der Waals surface area contributed by atoms with Gasteiger partial charge in [0.05, 0.1) is 25.4 Å². The van der Waals surface area contributed by atoms with E-state index in [0.29, 0.717) is 19.6 Å². The third-order valence-electron chi connectivity index (χ3n) is 2.79. The van der Waals surface area contributed by atoms with Crippen molar-refractivity contribution in [2.45, 2.75) is 25.2 Å². The van der Waals surface area contributed by atoms with Crippen molar-refractivity contribution in [3.8, 4) is 0 Å². The van der Waals surface area contributed by atoms with Crippen LogP contribution in [0.25, 0.3) is 0 Å². The molecule has 0 heterocycles. The van der Waals surface area contributed by atoms with E-state index in [1.807, 2.05) is 30.3 Å². The van der Waals surface area contributed by atoms with Crippen LogP contribution in [0.1, 0.15) is 12.0 Å². The van der Waals surface area contributed by atoms with E-state index >= 15 is 0 Å². The van der Waals surface area contributed by atoms with E-state index in [1.165, 1.54) is 6.47 Å². The molecule has 0 amide bonds. The van der Waals surface area contributed by atoms with Crippen molar-refractivity contribution in [2.24, 2.45) is 0 Å². The Kier molecular flexibility index (Phi) is 35.6. The number of rotatable bonds is 11. The molecule has 0 saturated carbocycles. The van der Waals surface area contributed by atoms with E-state index in [4.69, 9.17) is 28.2 Å². The van der Waals surface area contributed by atoms with Crippen molar-refractivity contribution in [1.29, 1.82) is 0 Å². The molecule has 147 valence electrons. The second kappa shape index (κ2) is 29.1. The number of hydrogen-bond donors (Lipinski definition) is 0. The van der Waals surface area contributed by atoms with Crippen molar-refractivity contribution in [3.05, 3.63) is 75.6 Å². The van der Waals surface area contributed by atoms with Gasteiger partial charge in [0.1, 0.15) is 0 Å². The topological polar surface area (TPSA) is 104 Å². The number of methoxy groups -OCH3 is 1. The van der Waals surface area contributed by atoms with Gasteiger partial charge in [0.15, 0.2) is 0 Å². The molecule has 3 radical (unpaired) electrons. The molecule has 8 heteroatoms. The van der Waals surface area contributed by atoms with Gasteiger partial charge in [-0.25, -0.2) is 0 Å². The third-order valence-corrected chi connectivity index (χ3v) is 2.79. The van der Waals surface area contributed by atoms with Crippen LogP contribution in [0, 0.1) is 39.7 Å². The summed E-state index contributed by atoms with van der Waals surface area (Å²) in [6, 6.07) is 9.90. The zero-order valence-corrected chi connectivity index (χ0v) is 15.8. The molecule has 7 nitrogen and oxygen atoms in total. The molecule has 1 rings (SSSR count). The van der Waals surface area contributed by atoms with E-state index in [9.17, 15) is 4.79 Å². The Balaban J connectivity index is -0.000000342. The van der Waals surface area contributed by atoms with Crippen LogP contribution in [0.2, 0.25) is 0 Å². The first-order valence-electron chi connectivity index (χ1n) is 7.04. The molecule has 0 aliphatic heterocycles. The Morgan fingerprint density at radius 1 is 1.15 bits per heavy atom. The molecule has 0 aliphatic rings. The van der Waals surface area contributed by atoms with E-state index in [1.54, 1.807) is 20.0 Å². The number of benzene rings is 1. The van der Waals surface area contributed by atoms with Gasteiger partial charge < -0.3 is 19.0 Å².